The van der Waals surface area contributed by atoms with E-state index in [1.54, 1.807) is 71.9 Å². The van der Waals surface area contributed by atoms with Crippen LogP contribution in [-0.4, -0.2) is 40.0 Å². The molecule has 1 aromatic heterocycles. The fraction of sp³-hybridized carbons (Fsp3) is 0.393. The minimum Gasteiger partial charge on any atom is -0.494 e. The van der Waals surface area contributed by atoms with Gasteiger partial charge in [-0.2, -0.15) is 0 Å². The Bertz CT molecular complexity index is 1320. The maximum Gasteiger partial charge on any atom is 0.440 e. The smallest absolute Gasteiger partial charge is 0.440 e. The van der Waals surface area contributed by atoms with Gasteiger partial charge in [-0.3, -0.25) is 4.84 Å². The van der Waals surface area contributed by atoms with Crippen LogP contribution in [0.3, 0.4) is 0 Å². The molecule has 0 bridgehead atoms. The molecule has 1 amide bonds. The monoisotopic (exact) mass is 527 g/mol. The van der Waals surface area contributed by atoms with Crippen LogP contribution < -0.4 is 15.1 Å². The zero-order chi connectivity index (χ0) is 28.3. The summed E-state index contributed by atoms with van der Waals surface area (Å²) >= 11 is 0. The Morgan fingerprint density at radius 1 is 1.08 bits per heavy atom. The van der Waals surface area contributed by atoms with Crippen molar-refractivity contribution in [2.45, 2.75) is 65.7 Å². The van der Waals surface area contributed by atoms with E-state index < -0.39 is 35.1 Å². The van der Waals surface area contributed by atoms with E-state index in [0.29, 0.717) is 23.3 Å². The Hall–Kier alpha value is -3.92. The molecule has 2 N–H and O–H groups in total. The summed E-state index contributed by atoms with van der Waals surface area (Å²) in [6, 6.07) is 9.63. The lowest BCUT2D eigenvalue weighted by Gasteiger charge is -2.31. The maximum atomic E-state index is 15.4. The molecular weight excluding hydrogens is 493 g/mol. The molecule has 0 fully saturated rings. The predicted octanol–water partition coefficient (Wildman–Crippen LogP) is 6.48. The summed E-state index contributed by atoms with van der Waals surface area (Å²) in [5.41, 5.74) is -1.25. The third-order valence-electron chi connectivity index (χ3n) is 5.00. The number of carboxylic acid groups (broad SMARTS) is 1. The molecule has 0 aliphatic carbocycles. The summed E-state index contributed by atoms with van der Waals surface area (Å²) in [6.45, 7) is 12.7. The molecule has 9 nitrogen and oxygen atoms in total. The Labute approximate surface area is 221 Å². The topological polar surface area (TPSA) is 110 Å². The van der Waals surface area contributed by atoms with Crippen molar-refractivity contribution in [3.8, 4) is 5.75 Å². The SMILES string of the molecule is CCOc1cccc(C(Nc2cc3ccnc(N(OC(C)(C)C)C(=O)OC(C)(C)C)c3cc2F)C(=O)O)c1. The van der Waals surface area contributed by atoms with E-state index in [2.05, 4.69) is 10.3 Å². The number of carboxylic acids is 1. The number of halogens is 1. The highest BCUT2D eigenvalue weighted by molar-refractivity contribution is 6.00. The molecule has 1 atom stereocenters. The minimum atomic E-state index is -1.24. The average Bonchev–Trinajstić information content (AvgIpc) is 2.79. The number of carbonyl (C=O) groups is 2. The summed E-state index contributed by atoms with van der Waals surface area (Å²) in [4.78, 5) is 35.3. The van der Waals surface area contributed by atoms with Gasteiger partial charge in [0.1, 0.15) is 17.2 Å². The Kier molecular flexibility index (Phi) is 8.46. The van der Waals surface area contributed by atoms with Crippen molar-refractivity contribution in [1.29, 1.82) is 0 Å². The van der Waals surface area contributed by atoms with Crippen LogP contribution in [0, 0.1) is 5.82 Å². The Morgan fingerprint density at radius 2 is 1.79 bits per heavy atom. The summed E-state index contributed by atoms with van der Waals surface area (Å²) in [5, 5.41) is 14.3. The summed E-state index contributed by atoms with van der Waals surface area (Å²) in [6.07, 6.45) is 0.637. The van der Waals surface area contributed by atoms with Gasteiger partial charge in [0.05, 0.1) is 17.9 Å². The van der Waals surface area contributed by atoms with Gasteiger partial charge in [-0.25, -0.2) is 19.0 Å². The van der Waals surface area contributed by atoms with E-state index in [1.807, 2.05) is 6.92 Å². The summed E-state index contributed by atoms with van der Waals surface area (Å²) < 4.78 is 26.4. The number of rotatable bonds is 8. The molecule has 0 saturated carbocycles. The van der Waals surface area contributed by atoms with Gasteiger partial charge in [-0.05, 0) is 89.7 Å². The lowest BCUT2D eigenvalue weighted by Crippen LogP contribution is -2.42. The number of hydrogen-bond acceptors (Lipinski definition) is 7. The Morgan fingerprint density at radius 3 is 2.39 bits per heavy atom. The number of anilines is 2. The zero-order valence-electron chi connectivity index (χ0n) is 22.7. The number of aliphatic carboxylic acids is 1. The lowest BCUT2D eigenvalue weighted by atomic mass is 10.1. The van der Waals surface area contributed by atoms with Gasteiger partial charge in [-0.15, -0.1) is 5.06 Å². The molecule has 1 unspecified atom stereocenters. The number of aromatic nitrogens is 1. The van der Waals surface area contributed by atoms with Crippen molar-refractivity contribution in [3.63, 3.8) is 0 Å². The van der Waals surface area contributed by atoms with E-state index in [4.69, 9.17) is 14.3 Å². The molecule has 0 spiro atoms. The van der Waals surface area contributed by atoms with Gasteiger partial charge in [0, 0.05) is 11.6 Å². The van der Waals surface area contributed by atoms with Crippen molar-refractivity contribution in [2.75, 3.05) is 17.0 Å². The fourth-order valence-electron chi connectivity index (χ4n) is 3.59. The number of pyridine rings is 1. The number of ether oxygens (including phenoxy) is 2. The van der Waals surface area contributed by atoms with Crippen molar-refractivity contribution >= 4 is 34.3 Å². The molecule has 2 aromatic carbocycles. The Balaban J connectivity index is 2.05. The molecule has 204 valence electrons. The van der Waals surface area contributed by atoms with Crippen molar-refractivity contribution < 1.29 is 33.4 Å². The van der Waals surface area contributed by atoms with Gasteiger partial charge in [-0.1, -0.05) is 12.1 Å². The number of hydroxylamine groups is 1. The van der Waals surface area contributed by atoms with Crippen molar-refractivity contribution in [3.05, 3.63) is 60.0 Å². The lowest BCUT2D eigenvalue weighted by molar-refractivity contribution is -0.138. The van der Waals surface area contributed by atoms with Gasteiger partial charge < -0.3 is 19.9 Å². The number of carbonyl (C=O) groups excluding carboxylic acids is 1. The molecule has 3 rings (SSSR count). The number of nitrogens with one attached hydrogen (secondary N) is 1. The van der Waals surface area contributed by atoms with E-state index in [1.165, 1.54) is 18.3 Å². The maximum absolute atomic E-state index is 15.4. The first-order chi connectivity index (χ1) is 17.7. The van der Waals surface area contributed by atoms with Crippen LogP contribution in [0.1, 0.15) is 60.1 Å². The second kappa shape index (κ2) is 11.2. The largest absolute Gasteiger partial charge is 0.494 e. The highest BCUT2D eigenvalue weighted by Gasteiger charge is 2.31. The molecule has 0 aliphatic rings. The van der Waals surface area contributed by atoms with Gasteiger partial charge in [0.25, 0.3) is 0 Å². The number of nitrogens with zero attached hydrogens (tertiary/aromatic N) is 2. The number of hydrogen-bond donors (Lipinski definition) is 2. The van der Waals surface area contributed by atoms with Gasteiger partial charge in [0.15, 0.2) is 11.9 Å². The summed E-state index contributed by atoms with van der Waals surface area (Å²) in [7, 11) is 0. The third-order valence-corrected chi connectivity index (χ3v) is 5.00. The van der Waals surface area contributed by atoms with Crippen LogP contribution in [0.15, 0.2) is 48.7 Å². The normalized spacial score (nSPS) is 12.6. The first kappa shape index (κ1) is 28.6. The van der Waals surface area contributed by atoms with Gasteiger partial charge >= 0.3 is 12.1 Å². The molecule has 0 radical (unpaired) electrons. The molecule has 0 aliphatic heterocycles. The second-order valence-electron chi connectivity index (χ2n) is 10.6. The van der Waals surface area contributed by atoms with Crippen molar-refractivity contribution in [1.82, 2.24) is 4.98 Å². The number of benzene rings is 2. The molecule has 3 aromatic rings. The van der Waals surface area contributed by atoms with Crippen molar-refractivity contribution in [2.24, 2.45) is 0 Å². The van der Waals surface area contributed by atoms with Gasteiger partial charge in [0.2, 0.25) is 0 Å². The highest BCUT2D eigenvalue weighted by Crippen LogP contribution is 2.33. The number of amides is 1. The van der Waals surface area contributed by atoms with Crippen LogP contribution in [0.2, 0.25) is 0 Å². The standard InChI is InChI=1S/C28H34FN3O6/c1-8-36-19-11-9-10-18(14-19)23(25(33)34)31-22-15-17-12-13-30-24(20(17)16-21(22)29)32(38-28(5,6)7)26(35)37-27(2,3)4/h9-16,23,31H,8H2,1-7H3,(H,33,34). The third kappa shape index (κ3) is 7.32. The van der Waals surface area contributed by atoms with Crippen LogP contribution in [0.4, 0.5) is 20.7 Å². The van der Waals surface area contributed by atoms with E-state index in [0.717, 1.165) is 5.06 Å². The van der Waals surface area contributed by atoms with Crippen LogP contribution in [-0.2, 0) is 14.4 Å². The van der Waals surface area contributed by atoms with Crippen LogP contribution in [0.25, 0.3) is 10.8 Å². The van der Waals surface area contributed by atoms with E-state index >= 15 is 4.39 Å². The van der Waals surface area contributed by atoms with Crippen LogP contribution >= 0.6 is 0 Å². The first-order valence-electron chi connectivity index (χ1n) is 12.2. The van der Waals surface area contributed by atoms with E-state index in [9.17, 15) is 14.7 Å². The fourth-order valence-corrected chi connectivity index (χ4v) is 3.59. The number of fused-ring (bicyclic) bond motifs is 1. The van der Waals surface area contributed by atoms with E-state index in [-0.39, 0.29) is 16.9 Å². The quantitative estimate of drug-likeness (QED) is 0.320. The van der Waals surface area contributed by atoms with Crippen LogP contribution in [0.5, 0.6) is 5.75 Å². The highest BCUT2D eigenvalue weighted by atomic mass is 19.1. The molecule has 1 heterocycles. The molecular formula is C28H34FN3O6. The molecule has 38 heavy (non-hydrogen) atoms. The minimum absolute atomic E-state index is 0.0376. The average molecular weight is 528 g/mol. The molecule has 0 saturated heterocycles. The molecule has 10 heteroatoms. The predicted molar refractivity (Wildman–Crippen MR) is 143 cm³/mol. The second-order valence-corrected chi connectivity index (χ2v) is 10.6. The summed E-state index contributed by atoms with van der Waals surface area (Å²) in [5.74, 6) is -1.38. The first-order valence-corrected chi connectivity index (χ1v) is 12.2. The zero-order valence-corrected chi connectivity index (χ0v) is 22.7.